The Kier molecular flexibility index (Phi) is 7.35. The van der Waals surface area contributed by atoms with Crippen LogP contribution in [0.3, 0.4) is 0 Å². The maximum Gasteiger partial charge on any atom is 0.250 e. The number of para-hydroxylation sites is 1. The summed E-state index contributed by atoms with van der Waals surface area (Å²) in [5, 5.41) is 2.94. The second-order valence-corrected chi connectivity index (χ2v) is 11.3. The highest BCUT2D eigenvalue weighted by molar-refractivity contribution is 7.99. The number of imidazole rings is 1. The van der Waals surface area contributed by atoms with E-state index in [0.717, 1.165) is 38.5 Å². The van der Waals surface area contributed by atoms with Crippen molar-refractivity contribution in [2.75, 3.05) is 10.7 Å². The Morgan fingerprint density at radius 2 is 1.87 bits per heavy atom. The van der Waals surface area contributed by atoms with Crippen LogP contribution < -0.4 is 16.0 Å². The molecule has 7 nitrogen and oxygen atoms in total. The van der Waals surface area contributed by atoms with Gasteiger partial charge in [0.2, 0.25) is 5.91 Å². The van der Waals surface area contributed by atoms with E-state index in [2.05, 4.69) is 45.6 Å². The largest absolute Gasteiger partial charge is 0.351 e. The molecule has 0 unspecified atom stereocenters. The third-order valence-corrected chi connectivity index (χ3v) is 7.52. The van der Waals surface area contributed by atoms with E-state index in [1.54, 1.807) is 36.8 Å². The lowest BCUT2D eigenvalue weighted by molar-refractivity contribution is -0.127. The van der Waals surface area contributed by atoms with Crippen molar-refractivity contribution < 1.29 is 9.59 Å². The van der Waals surface area contributed by atoms with Crippen LogP contribution in [0.2, 0.25) is 0 Å². The van der Waals surface area contributed by atoms with Crippen LogP contribution in [0.15, 0.2) is 90.2 Å². The van der Waals surface area contributed by atoms with Crippen molar-refractivity contribution in [2.45, 2.75) is 43.3 Å². The predicted octanol–water partition coefficient (Wildman–Crippen LogP) is 4.99. The summed E-state index contributed by atoms with van der Waals surface area (Å²) in [6.45, 7) is 3.96. The van der Waals surface area contributed by atoms with E-state index in [0.29, 0.717) is 12.3 Å². The van der Waals surface area contributed by atoms with Gasteiger partial charge in [-0.25, -0.2) is 4.98 Å². The summed E-state index contributed by atoms with van der Waals surface area (Å²) in [6.07, 6.45) is 3.68. The summed E-state index contributed by atoms with van der Waals surface area (Å²) in [7, 11) is 0. The highest BCUT2D eigenvalue weighted by atomic mass is 32.2. The minimum absolute atomic E-state index is 0.140. The highest BCUT2D eigenvalue weighted by Crippen LogP contribution is 2.37. The van der Waals surface area contributed by atoms with Gasteiger partial charge in [-0.1, -0.05) is 54.6 Å². The van der Waals surface area contributed by atoms with Gasteiger partial charge in [0.15, 0.2) is 0 Å². The van der Waals surface area contributed by atoms with Crippen molar-refractivity contribution in [2.24, 2.45) is 5.73 Å². The van der Waals surface area contributed by atoms with Crippen LogP contribution in [0.5, 0.6) is 0 Å². The number of thioether (sulfide) groups is 1. The molecule has 0 spiro atoms. The third kappa shape index (κ3) is 5.82. The van der Waals surface area contributed by atoms with Crippen molar-refractivity contribution in [1.29, 1.82) is 0 Å². The number of rotatable bonds is 7. The van der Waals surface area contributed by atoms with E-state index in [1.807, 2.05) is 48.7 Å². The molecule has 1 aliphatic heterocycles. The molecule has 0 saturated heterocycles. The van der Waals surface area contributed by atoms with E-state index in [-0.39, 0.29) is 18.2 Å². The average molecular weight is 526 g/mol. The molecular weight excluding hydrogens is 494 g/mol. The fourth-order valence-corrected chi connectivity index (χ4v) is 5.71. The molecule has 0 fully saturated rings. The lowest BCUT2D eigenvalue weighted by Gasteiger charge is -2.27. The van der Waals surface area contributed by atoms with Crippen LogP contribution in [0, 0.1) is 0 Å². The summed E-state index contributed by atoms with van der Waals surface area (Å²) in [4.78, 5) is 36.9. The number of carbonyl (C=O) groups excluding carboxylic acids is 2. The Morgan fingerprint density at radius 1 is 1.11 bits per heavy atom. The van der Waals surface area contributed by atoms with Gasteiger partial charge in [-0.3, -0.25) is 9.59 Å². The van der Waals surface area contributed by atoms with E-state index in [4.69, 9.17) is 5.73 Å². The molecule has 0 radical (unpaired) electrons. The fourth-order valence-electron chi connectivity index (χ4n) is 4.64. The minimum Gasteiger partial charge on any atom is -0.351 e. The number of nitrogens with two attached hydrogens (primary N) is 1. The van der Waals surface area contributed by atoms with Crippen LogP contribution >= 0.6 is 11.8 Å². The first-order valence-electron chi connectivity index (χ1n) is 12.6. The quantitative estimate of drug-likeness (QED) is 0.315. The number of benzene rings is 3. The summed E-state index contributed by atoms with van der Waals surface area (Å²) < 4.78 is 0. The van der Waals surface area contributed by atoms with Crippen molar-refractivity contribution in [3.05, 3.63) is 90.9 Å². The molecule has 1 aromatic heterocycles. The number of fused-ring (bicyclic) bond motifs is 1. The smallest absolute Gasteiger partial charge is 0.250 e. The molecule has 8 heteroatoms. The molecule has 1 aliphatic rings. The first-order chi connectivity index (χ1) is 18.3. The second-order valence-electron chi connectivity index (χ2n) is 10.2. The third-order valence-electron chi connectivity index (χ3n) is 6.36. The summed E-state index contributed by atoms with van der Waals surface area (Å²) in [5.74, 6) is 0.0867. The lowest BCUT2D eigenvalue weighted by Crippen LogP contribution is -2.51. The van der Waals surface area contributed by atoms with Gasteiger partial charge in [0.1, 0.15) is 6.04 Å². The Balaban J connectivity index is 1.49. The van der Waals surface area contributed by atoms with Gasteiger partial charge in [-0.15, -0.1) is 11.8 Å². The number of H-pyrrole nitrogens is 1. The minimum atomic E-state index is -0.656. The zero-order valence-corrected chi connectivity index (χ0v) is 22.3. The van der Waals surface area contributed by atoms with E-state index < -0.39 is 11.6 Å². The van der Waals surface area contributed by atoms with Gasteiger partial charge < -0.3 is 20.9 Å². The van der Waals surface area contributed by atoms with Crippen molar-refractivity contribution in [1.82, 2.24) is 15.3 Å². The number of nitrogens with zero attached hydrogens (tertiary/aromatic N) is 2. The number of nitrogens with one attached hydrogen (secondary N) is 2. The topological polar surface area (TPSA) is 104 Å². The standard InChI is InChI=1S/C30H31N5O2S/c1-30(2,31)15-28(36)34-25-18-38-27-11-7-6-10-26(27)35(29(25)37)17-20-12-13-22(21-8-4-3-5-9-21)23(14-20)24-16-32-19-33-24/h3-14,16,19,25H,15,17-18,31H2,1-2H3,(H,32,33)(H,34,36)/t25-/m1/s1. The van der Waals surface area contributed by atoms with Gasteiger partial charge in [-0.2, -0.15) is 0 Å². The first kappa shape index (κ1) is 25.8. The molecule has 4 N–H and O–H groups in total. The number of carbonyl (C=O) groups is 2. The van der Waals surface area contributed by atoms with Gasteiger partial charge in [0.25, 0.3) is 5.91 Å². The number of hydrogen-bond acceptors (Lipinski definition) is 5. The SMILES string of the molecule is CC(C)(N)CC(=O)N[C@@H]1CSc2ccccc2N(Cc2ccc(-c3ccccc3)c(-c3c[nH]cn3)c2)C1=O. The monoisotopic (exact) mass is 525 g/mol. The molecule has 194 valence electrons. The molecule has 0 bridgehead atoms. The molecule has 0 saturated carbocycles. The second kappa shape index (κ2) is 10.8. The molecule has 38 heavy (non-hydrogen) atoms. The van der Waals surface area contributed by atoms with E-state index >= 15 is 0 Å². The zero-order chi connectivity index (χ0) is 26.7. The molecule has 5 rings (SSSR count). The van der Waals surface area contributed by atoms with Crippen LogP contribution in [0.1, 0.15) is 25.8 Å². The van der Waals surface area contributed by atoms with Crippen LogP contribution in [-0.2, 0) is 16.1 Å². The number of hydrogen-bond donors (Lipinski definition) is 3. The Bertz CT molecular complexity index is 1430. The normalized spacial score (nSPS) is 15.6. The summed E-state index contributed by atoms with van der Waals surface area (Å²) in [6, 6.07) is 23.6. The van der Waals surface area contributed by atoms with Crippen molar-refractivity contribution in [3.63, 3.8) is 0 Å². The Morgan fingerprint density at radius 3 is 2.61 bits per heavy atom. The first-order valence-corrected chi connectivity index (χ1v) is 13.6. The lowest BCUT2D eigenvalue weighted by atomic mass is 9.95. The van der Waals surface area contributed by atoms with Crippen LogP contribution in [0.25, 0.3) is 22.4 Å². The van der Waals surface area contributed by atoms with Crippen molar-refractivity contribution >= 4 is 29.3 Å². The molecule has 0 aliphatic carbocycles. The van der Waals surface area contributed by atoms with Gasteiger partial charge >= 0.3 is 0 Å². The van der Waals surface area contributed by atoms with E-state index in [9.17, 15) is 9.59 Å². The number of aromatic amines is 1. The summed E-state index contributed by atoms with van der Waals surface area (Å²) >= 11 is 1.57. The number of amides is 2. The summed E-state index contributed by atoms with van der Waals surface area (Å²) in [5.41, 5.74) is 11.2. The molecule has 2 heterocycles. The van der Waals surface area contributed by atoms with Crippen LogP contribution in [-0.4, -0.2) is 39.1 Å². The van der Waals surface area contributed by atoms with Crippen LogP contribution in [0.4, 0.5) is 5.69 Å². The highest BCUT2D eigenvalue weighted by Gasteiger charge is 2.32. The average Bonchev–Trinajstić information content (AvgIpc) is 3.40. The van der Waals surface area contributed by atoms with Crippen molar-refractivity contribution in [3.8, 4) is 22.4 Å². The number of aromatic nitrogens is 2. The van der Waals surface area contributed by atoms with Gasteiger partial charge in [0, 0.05) is 34.4 Å². The Hall–Kier alpha value is -3.88. The number of anilines is 1. The zero-order valence-electron chi connectivity index (χ0n) is 21.5. The molecular formula is C30H31N5O2S. The maximum absolute atomic E-state index is 13.9. The molecule has 2 amide bonds. The fraction of sp³-hybridized carbons (Fsp3) is 0.233. The maximum atomic E-state index is 13.9. The predicted molar refractivity (Wildman–Crippen MR) is 153 cm³/mol. The van der Waals surface area contributed by atoms with Gasteiger partial charge in [-0.05, 0) is 48.7 Å². The molecule has 1 atom stereocenters. The van der Waals surface area contributed by atoms with Gasteiger partial charge in [0.05, 0.1) is 24.3 Å². The van der Waals surface area contributed by atoms with E-state index in [1.165, 1.54) is 0 Å². The Labute approximate surface area is 226 Å². The molecule has 4 aromatic rings. The molecule has 3 aromatic carbocycles.